The van der Waals surface area contributed by atoms with Gasteiger partial charge in [-0.3, -0.25) is 9.59 Å². The third kappa shape index (κ3) is 4.51. The molecule has 0 radical (unpaired) electrons. The zero-order chi connectivity index (χ0) is 24.5. The van der Waals surface area contributed by atoms with Gasteiger partial charge >= 0.3 is 12.1 Å². The summed E-state index contributed by atoms with van der Waals surface area (Å²) in [5.41, 5.74) is 4.73. The van der Waals surface area contributed by atoms with E-state index in [1.807, 2.05) is 24.3 Å². The summed E-state index contributed by atoms with van der Waals surface area (Å²) in [7, 11) is 0. The highest BCUT2D eigenvalue weighted by molar-refractivity contribution is 5.81. The first-order valence-corrected chi connectivity index (χ1v) is 12.5. The molecule has 35 heavy (non-hydrogen) atoms. The van der Waals surface area contributed by atoms with Crippen molar-refractivity contribution in [2.45, 2.75) is 32.1 Å². The number of hydrogen-bond acceptors (Lipinski definition) is 4. The number of carboxylic acid groups (broad SMARTS) is 1. The lowest BCUT2D eigenvalue weighted by Gasteiger charge is -2.43. The monoisotopic (exact) mass is 476 g/mol. The number of alkyl carbamates (subject to hydrolysis) is 1. The largest absolute Gasteiger partial charge is 0.481 e. The Morgan fingerprint density at radius 1 is 1.03 bits per heavy atom. The number of rotatable bonds is 7. The number of benzene rings is 2. The second-order valence-electron chi connectivity index (χ2n) is 10.1. The molecule has 1 heterocycles. The van der Waals surface area contributed by atoms with E-state index >= 15 is 0 Å². The number of ether oxygens (including phenoxy) is 1. The van der Waals surface area contributed by atoms with E-state index < -0.39 is 18.0 Å². The van der Waals surface area contributed by atoms with Crippen molar-refractivity contribution in [1.29, 1.82) is 0 Å². The van der Waals surface area contributed by atoms with Gasteiger partial charge in [-0.05, 0) is 41.0 Å². The van der Waals surface area contributed by atoms with Gasteiger partial charge in [-0.1, -0.05) is 61.9 Å². The van der Waals surface area contributed by atoms with Crippen LogP contribution >= 0.6 is 0 Å². The zero-order valence-corrected chi connectivity index (χ0v) is 20.0. The van der Waals surface area contributed by atoms with Gasteiger partial charge in [-0.25, -0.2) is 4.79 Å². The number of carbonyl (C=O) groups is 3. The molecule has 2 amide bonds. The minimum atomic E-state index is -0.812. The van der Waals surface area contributed by atoms with Gasteiger partial charge in [0.15, 0.2) is 0 Å². The fourth-order valence-corrected chi connectivity index (χ4v) is 5.92. The van der Waals surface area contributed by atoms with Gasteiger partial charge in [0.2, 0.25) is 5.91 Å². The van der Waals surface area contributed by atoms with Crippen LogP contribution in [-0.2, 0) is 14.3 Å². The summed E-state index contributed by atoms with van der Waals surface area (Å²) >= 11 is 0. The van der Waals surface area contributed by atoms with E-state index in [9.17, 15) is 19.5 Å². The molecule has 2 N–H and O–H groups in total. The van der Waals surface area contributed by atoms with E-state index in [-0.39, 0.29) is 36.2 Å². The molecule has 184 valence electrons. The van der Waals surface area contributed by atoms with Gasteiger partial charge in [-0.15, -0.1) is 0 Å². The molecule has 0 spiro atoms. The first kappa shape index (κ1) is 23.4. The molecule has 2 aromatic rings. The maximum Gasteiger partial charge on any atom is 0.407 e. The summed E-state index contributed by atoms with van der Waals surface area (Å²) in [6.45, 7) is 3.40. The van der Waals surface area contributed by atoms with Gasteiger partial charge in [0.1, 0.15) is 6.61 Å². The number of fused-ring (bicyclic) bond motifs is 3. The van der Waals surface area contributed by atoms with Crippen molar-refractivity contribution < 1.29 is 24.2 Å². The molecule has 7 heteroatoms. The second kappa shape index (κ2) is 9.72. The highest BCUT2D eigenvalue weighted by atomic mass is 16.5. The Bertz CT molecular complexity index is 1080. The average Bonchev–Trinajstić information content (AvgIpc) is 3.43. The Morgan fingerprint density at radius 2 is 1.66 bits per heavy atom. The lowest BCUT2D eigenvalue weighted by atomic mass is 9.85. The van der Waals surface area contributed by atoms with Crippen LogP contribution in [0.1, 0.15) is 43.2 Å². The van der Waals surface area contributed by atoms with Gasteiger partial charge in [0, 0.05) is 37.4 Å². The van der Waals surface area contributed by atoms with E-state index in [1.54, 1.807) is 11.8 Å². The number of aliphatic carboxylic acids is 1. The second-order valence-corrected chi connectivity index (χ2v) is 10.1. The Kier molecular flexibility index (Phi) is 6.50. The first-order chi connectivity index (χ1) is 16.9. The highest BCUT2D eigenvalue weighted by Gasteiger charge is 2.42. The van der Waals surface area contributed by atoms with Crippen LogP contribution in [0.5, 0.6) is 0 Å². The summed E-state index contributed by atoms with van der Waals surface area (Å²) in [5, 5.41) is 12.1. The number of hydrogen-bond donors (Lipinski definition) is 2. The fraction of sp³-hybridized carbons (Fsp3) is 0.464. The van der Waals surface area contributed by atoms with Crippen molar-refractivity contribution in [2.24, 2.45) is 23.7 Å². The standard InChI is InChI=1S/C28H32N2O5/c1-17(27(32)33)19-14-30(15-19)26(31)20-12-6-7-18(20)13-29-28(34)35-16-25-23-10-4-2-8-21(23)22-9-3-5-11-24(22)25/h2-5,8-11,17-20,25H,6-7,12-16H2,1H3,(H,29,34)(H,32,33)/t17?,18-,20-/m1/s1. The van der Waals surface area contributed by atoms with Gasteiger partial charge in [-0.2, -0.15) is 0 Å². The summed E-state index contributed by atoms with van der Waals surface area (Å²) in [6, 6.07) is 16.5. The third-order valence-corrected chi connectivity index (χ3v) is 8.15. The Hall–Kier alpha value is -3.35. The van der Waals surface area contributed by atoms with E-state index in [0.29, 0.717) is 19.6 Å². The number of nitrogens with one attached hydrogen (secondary N) is 1. The smallest absolute Gasteiger partial charge is 0.407 e. The molecule has 0 bridgehead atoms. The molecule has 7 nitrogen and oxygen atoms in total. The molecule has 5 rings (SSSR count). The van der Waals surface area contributed by atoms with Crippen LogP contribution in [0.25, 0.3) is 11.1 Å². The number of carbonyl (C=O) groups excluding carboxylic acids is 2. The Balaban J connectivity index is 1.12. The van der Waals surface area contributed by atoms with Crippen LogP contribution in [0.2, 0.25) is 0 Å². The van der Waals surface area contributed by atoms with Crippen LogP contribution in [0.3, 0.4) is 0 Å². The van der Waals surface area contributed by atoms with Gasteiger partial charge < -0.3 is 20.1 Å². The number of carboxylic acids is 1. The predicted molar refractivity (Wildman–Crippen MR) is 131 cm³/mol. The molecule has 1 aliphatic heterocycles. The molecule has 3 aliphatic rings. The topological polar surface area (TPSA) is 95.9 Å². The molecule has 1 saturated carbocycles. The number of amides is 2. The lowest BCUT2D eigenvalue weighted by Crippen LogP contribution is -2.55. The van der Waals surface area contributed by atoms with Crippen molar-refractivity contribution in [3.8, 4) is 11.1 Å². The molecule has 0 aromatic heterocycles. The fourth-order valence-electron chi connectivity index (χ4n) is 5.92. The SMILES string of the molecule is CC(C(=O)O)C1CN(C(=O)[C@@H]2CCC[C@@H]2CNC(=O)OCC2c3ccccc3-c3ccccc32)C1. The van der Waals surface area contributed by atoms with Crippen LogP contribution in [0, 0.1) is 23.7 Å². The zero-order valence-electron chi connectivity index (χ0n) is 20.0. The number of nitrogens with zero attached hydrogens (tertiary/aromatic N) is 1. The minimum absolute atomic E-state index is 0.0153. The van der Waals surface area contributed by atoms with E-state index in [1.165, 1.54) is 22.3 Å². The van der Waals surface area contributed by atoms with Crippen molar-refractivity contribution in [1.82, 2.24) is 10.2 Å². The average molecular weight is 477 g/mol. The Labute approximate surface area is 205 Å². The first-order valence-electron chi connectivity index (χ1n) is 12.5. The minimum Gasteiger partial charge on any atom is -0.481 e. The molecular formula is C28H32N2O5. The molecule has 1 unspecified atom stereocenters. The molecule has 2 aromatic carbocycles. The quantitative estimate of drug-likeness (QED) is 0.627. The van der Waals surface area contributed by atoms with E-state index in [4.69, 9.17) is 4.74 Å². The van der Waals surface area contributed by atoms with Crippen LogP contribution in [0.4, 0.5) is 4.79 Å². The van der Waals surface area contributed by atoms with Gasteiger partial charge in [0.05, 0.1) is 5.92 Å². The summed E-state index contributed by atoms with van der Waals surface area (Å²) in [5.74, 6) is -1.15. The molecule has 1 saturated heterocycles. The van der Waals surface area contributed by atoms with Crippen molar-refractivity contribution in [2.75, 3.05) is 26.2 Å². The normalized spacial score (nSPS) is 22.1. The third-order valence-electron chi connectivity index (χ3n) is 8.15. The van der Waals surface area contributed by atoms with E-state index in [2.05, 4.69) is 29.6 Å². The number of likely N-dealkylation sites (tertiary alicyclic amines) is 1. The van der Waals surface area contributed by atoms with Crippen LogP contribution < -0.4 is 5.32 Å². The summed E-state index contributed by atoms with van der Waals surface area (Å²) in [4.78, 5) is 38.5. The van der Waals surface area contributed by atoms with Crippen molar-refractivity contribution >= 4 is 18.0 Å². The highest BCUT2D eigenvalue weighted by Crippen LogP contribution is 2.44. The molecular weight excluding hydrogens is 444 g/mol. The van der Waals surface area contributed by atoms with Crippen LogP contribution in [-0.4, -0.2) is 54.2 Å². The van der Waals surface area contributed by atoms with Crippen molar-refractivity contribution in [3.05, 3.63) is 59.7 Å². The molecule has 3 atom stereocenters. The maximum atomic E-state index is 13.0. The van der Waals surface area contributed by atoms with E-state index in [0.717, 1.165) is 19.3 Å². The lowest BCUT2D eigenvalue weighted by molar-refractivity contribution is -0.153. The van der Waals surface area contributed by atoms with Gasteiger partial charge in [0.25, 0.3) is 0 Å². The molecule has 2 aliphatic carbocycles. The maximum absolute atomic E-state index is 13.0. The Morgan fingerprint density at radius 3 is 2.29 bits per heavy atom. The summed E-state index contributed by atoms with van der Waals surface area (Å²) < 4.78 is 5.64. The molecule has 2 fully saturated rings. The van der Waals surface area contributed by atoms with Crippen LogP contribution in [0.15, 0.2) is 48.5 Å². The van der Waals surface area contributed by atoms with Crippen molar-refractivity contribution in [3.63, 3.8) is 0 Å². The summed E-state index contributed by atoms with van der Waals surface area (Å²) in [6.07, 6.45) is 2.20. The predicted octanol–water partition coefficient (Wildman–Crippen LogP) is 4.12.